The Morgan fingerprint density at radius 3 is 3.00 bits per heavy atom. The fourth-order valence-corrected chi connectivity index (χ4v) is 0.563. The summed E-state index contributed by atoms with van der Waals surface area (Å²) in [6.07, 6.45) is 1.75. The predicted octanol–water partition coefficient (Wildman–Crippen LogP) is -0.452. The Balaban J connectivity index is 2.22. The molecule has 0 aromatic rings. The Bertz CT molecular complexity index is 78.5. The number of carbonyl (C=O) groups excluding carboxylic acids is 1. The minimum Gasteiger partial charge on any atom is -0.377 e. The van der Waals surface area contributed by atoms with Crippen molar-refractivity contribution in [2.45, 2.75) is 0 Å². The summed E-state index contributed by atoms with van der Waals surface area (Å²) in [6.45, 7) is 3.49. The molecular weight excluding hydrogens is 106 g/mol. The van der Waals surface area contributed by atoms with Crippen LogP contribution in [0.4, 0.5) is 0 Å². The molecule has 2 radical (unpaired) electrons. The normalized spacial score (nSPS) is 20.8. The van der Waals surface area contributed by atoms with Crippen LogP contribution in [0.5, 0.6) is 0 Å². The number of hydrogen-bond donors (Lipinski definition) is 0. The number of hydrogen-bond acceptors (Lipinski definition) is 2. The summed E-state index contributed by atoms with van der Waals surface area (Å²) in [5, 5.41) is 0. The standard InChI is InChI=1S/C5H7NO2/c7-5-6-1-3-8-4-2-6/h1H,2-4H2. The van der Waals surface area contributed by atoms with E-state index >= 15 is 0 Å². The zero-order chi connectivity index (χ0) is 5.82. The molecule has 0 aromatic heterocycles. The quantitative estimate of drug-likeness (QED) is 0.461. The summed E-state index contributed by atoms with van der Waals surface area (Å²) in [7, 11) is 0. The maximum Gasteiger partial charge on any atom is 0.312 e. The number of ether oxygens (including phenoxy) is 1. The van der Waals surface area contributed by atoms with Gasteiger partial charge in [-0.25, -0.2) is 0 Å². The van der Waals surface area contributed by atoms with Crippen LogP contribution >= 0.6 is 0 Å². The molecule has 1 saturated heterocycles. The second-order valence-electron chi connectivity index (χ2n) is 1.54. The topological polar surface area (TPSA) is 29.5 Å². The number of morpholine rings is 1. The summed E-state index contributed by atoms with van der Waals surface area (Å²) < 4.78 is 4.93. The van der Waals surface area contributed by atoms with E-state index in [0.29, 0.717) is 19.8 Å². The Hall–Kier alpha value is -0.570. The Morgan fingerprint density at radius 1 is 1.75 bits per heavy atom. The van der Waals surface area contributed by atoms with Gasteiger partial charge < -0.3 is 9.64 Å². The molecule has 8 heavy (non-hydrogen) atoms. The van der Waals surface area contributed by atoms with E-state index in [1.165, 1.54) is 4.90 Å². The first-order valence-electron chi connectivity index (χ1n) is 2.49. The molecule has 3 heteroatoms. The van der Waals surface area contributed by atoms with Crippen LogP contribution in [0.2, 0.25) is 0 Å². The molecule has 0 unspecified atom stereocenters. The first-order valence-corrected chi connectivity index (χ1v) is 2.49. The average Bonchev–Trinajstić information content (AvgIpc) is 1.90. The van der Waals surface area contributed by atoms with Gasteiger partial charge in [-0.3, -0.25) is 4.79 Å². The largest absolute Gasteiger partial charge is 0.377 e. The summed E-state index contributed by atoms with van der Waals surface area (Å²) in [5.74, 6) is 0. The molecule has 0 aromatic carbocycles. The van der Waals surface area contributed by atoms with E-state index < -0.39 is 0 Å². The summed E-state index contributed by atoms with van der Waals surface area (Å²) >= 11 is 0. The lowest BCUT2D eigenvalue weighted by atomic mass is 10.5. The second kappa shape index (κ2) is 2.67. The molecule has 0 aliphatic carbocycles. The van der Waals surface area contributed by atoms with Gasteiger partial charge in [0, 0.05) is 6.54 Å². The van der Waals surface area contributed by atoms with Crippen molar-refractivity contribution in [1.29, 1.82) is 0 Å². The molecule has 0 saturated carbocycles. The maximum atomic E-state index is 9.87. The van der Waals surface area contributed by atoms with Crippen molar-refractivity contribution >= 4 is 6.41 Å². The fourth-order valence-electron chi connectivity index (χ4n) is 0.563. The first kappa shape index (κ1) is 5.56. The highest BCUT2D eigenvalue weighted by Gasteiger charge is 2.07. The third-order valence-corrected chi connectivity index (χ3v) is 1.01. The number of rotatable bonds is 1. The average molecular weight is 113 g/mol. The fraction of sp³-hybridized carbons (Fsp3) is 0.600. The third kappa shape index (κ3) is 1.20. The third-order valence-electron chi connectivity index (χ3n) is 1.01. The lowest BCUT2D eigenvalue weighted by Gasteiger charge is -2.20. The smallest absolute Gasteiger partial charge is 0.312 e. The van der Waals surface area contributed by atoms with E-state index in [0.717, 1.165) is 0 Å². The Morgan fingerprint density at radius 2 is 2.62 bits per heavy atom. The van der Waals surface area contributed by atoms with Crippen LogP contribution in [-0.2, 0) is 9.53 Å². The van der Waals surface area contributed by atoms with Crippen molar-refractivity contribution < 1.29 is 9.53 Å². The van der Waals surface area contributed by atoms with Crippen molar-refractivity contribution in [2.24, 2.45) is 0 Å². The van der Waals surface area contributed by atoms with Crippen molar-refractivity contribution in [3.63, 3.8) is 0 Å². The van der Waals surface area contributed by atoms with E-state index in [9.17, 15) is 4.79 Å². The molecule has 1 rings (SSSR count). The van der Waals surface area contributed by atoms with Gasteiger partial charge in [-0.2, -0.15) is 0 Å². The van der Waals surface area contributed by atoms with E-state index in [1.807, 2.05) is 0 Å². The minimum atomic E-state index is 0.537. The highest BCUT2D eigenvalue weighted by molar-refractivity contribution is 5.49. The van der Waals surface area contributed by atoms with E-state index in [-0.39, 0.29) is 0 Å². The van der Waals surface area contributed by atoms with Crippen LogP contribution in [0.1, 0.15) is 0 Å². The Kier molecular flexibility index (Phi) is 1.86. The molecule has 3 nitrogen and oxygen atoms in total. The molecule has 44 valence electrons. The summed E-state index contributed by atoms with van der Waals surface area (Å²) in [6, 6.07) is 0. The predicted molar refractivity (Wildman–Crippen MR) is 27.5 cm³/mol. The number of nitrogens with zero attached hydrogens (tertiary/aromatic N) is 1. The van der Waals surface area contributed by atoms with Gasteiger partial charge in [0.25, 0.3) is 0 Å². The lowest BCUT2D eigenvalue weighted by Crippen LogP contribution is -2.30. The molecule has 1 aliphatic rings. The van der Waals surface area contributed by atoms with Gasteiger partial charge in [0.1, 0.15) is 0 Å². The number of amides is 1. The van der Waals surface area contributed by atoms with Gasteiger partial charge in [0.2, 0.25) is 0 Å². The molecule has 1 aliphatic heterocycles. The van der Waals surface area contributed by atoms with Gasteiger partial charge in [0.05, 0.1) is 19.8 Å². The van der Waals surface area contributed by atoms with Crippen LogP contribution in [0, 0.1) is 6.54 Å². The van der Waals surface area contributed by atoms with Gasteiger partial charge in [-0.1, -0.05) is 0 Å². The first-order chi connectivity index (χ1) is 3.93. The van der Waals surface area contributed by atoms with Gasteiger partial charge in [0.15, 0.2) is 0 Å². The van der Waals surface area contributed by atoms with Crippen molar-refractivity contribution in [3.8, 4) is 0 Å². The van der Waals surface area contributed by atoms with Crippen molar-refractivity contribution in [3.05, 3.63) is 6.54 Å². The van der Waals surface area contributed by atoms with E-state index in [4.69, 9.17) is 4.74 Å². The summed E-state index contributed by atoms with van der Waals surface area (Å²) in [5.41, 5.74) is 0. The van der Waals surface area contributed by atoms with Crippen molar-refractivity contribution in [1.82, 2.24) is 4.90 Å². The van der Waals surface area contributed by atoms with Crippen LogP contribution < -0.4 is 0 Å². The zero-order valence-corrected chi connectivity index (χ0v) is 4.46. The van der Waals surface area contributed by atoms with E-state index in [1.54, 1.807) is 13.0 Å². The summed E-state index contributed by atoms with van der Waals surface area (Å²) in [4.78, 5) is 11.3. The molecule has 0 bridgehead atoms. The molecule has 0 N–H and O–H groups in total. The maximum absolute atomic E-state index is 9.87. The second-order valence-corrected chi connectivity index (χ2v) is 1.54. The van der Waals surface area contributed by atoms with Gasteiger partial charge in [-0.15, -0.1) is 0 Å². The lowest BCUT2D eigenvalue weighted by molar-refractivity contribution is 0.0932. The monoisotopic (exact) mass is 113 g/mol. The van der Waals surface area contributed by atoms with Gasteiger partial charge in [-0.05, 0) is 0 Å². The van der Waals surface area contributed by atoms with Gasteiger partial charge >= 0.3 is 6.41 Å². The highest BCUT2D eigenvalue weighted by Crippen LogP contribution is 1.95. The SMILES string of the molecule is O=[C]N1[CH]COCC1. The van der Waals surface area contributed by atoms with E-state index in [2.05, 4.69) is 0 Å². The minimum absolute atomic E-state index is 0.537. The molecule has 1 fully saturated rings. The van der Waals surface area contributed by atoms with Crippen LogP contribution in [-0.4, -0.2) is 31.1 Å². The Labute approximate surface area is 48.2 Å². The van der Waals surface area contributed by atoms with Crippen molar-refractivity contribution in [2.75, 3.05) is 19.8 Å². The molecule has 0 atom stereocenters. The van der Waals surface area contributed by atoms with Crippen LogP contribution in [0.3, 0.4) is 0 Å². The molecule has 1 heterocycles. The zero-order valence-electron chi connectivity index (χ0n) is 4.46. The molecular formula is C5H7NO2. The molecule has 1 amide bonds. The van der Waals surface area contributed by atoms with Crippen LogP contribution in [0.15, 0.2) is 0 Å². The highest BCUT2D eigenvalue weighted by atomic mass is 16.5. The van der Waals surface area contributed by atoms with Crippen LogP contribution in [0.25, 0.3) is 0 Å². The molecule has 0 spiro atoms.